The maximum Gasteiger partial charge on any atom is 0.188 e. The molecule has 2 aromatic rings. The average Bonchev–Trinajstić information content (AvgIpc) is 2.44. The van der Waals surface area contributed by atoms with Crippen LogP contribution in [-0.2, 0) is 4.74 Å². The van der Waals surface area contributed by atoms with E-state index >= 15 is 0 Å². The number of hydrogen-bond donors (Lipinski definition) is 0. The minimum absolute atomic E-state index is 0.270. The quantitative estimate of drug-likeness (QED) is 0.584. The maximum absolute atomic E-state index is 5.39. The van der Waals surface area contributed by atoms with E-state index in [2.05, 4.69) is 24.3 Å². The van der Waals surface area contributed by atoms with Crippen LogP contribution in [0.3, 0.4) is 0 Å². The van der Waals surface area contributed by atoms with Crippen LogP contribution in [0.1, 0.15) is 11.1 Å². The summed E-state index contributed by atoms with van der Waals surface area (Å²) < 4.78 is 10.3. The molecule has 0 heterocycles. The van der Waals surface area contributed by atoms with Gasteiger partial charge in [0.1, 0.15) is 5.75 Å². The second-order valence-corrected chi connectivity index (χ2v) is 3.87. The first-order valence-electron chi connectivity index (χ1n) is 5.83. The van der Waals surface area contributed by atoms with Gasteiger partial charge in [-0.2, -0.15) is 0 Å². The van der Waals surface area contributed by atoms with Crippen LogP contribution >= 0.6 is 0 Å². The molecule has 0 aliphatic carbocycles. The predicted octanol–water partition coefficient (Wildman–Crippen LogP) is 3.84. The molecule has 0 atom stereocenters. The lowest BCUT2D eigenvalue weighted by molar-refractivity contribution is 0.0511. The molecule has 0 bridgehead atoms. The van der Waals surface area contributed by atoms with Crippen molar-refractivity contribution in [2.24, 2.45) is 0 Å². The Balaban J connectivity index is 2.07. The molecule has 18 heavy (non-hydrogen) atoms. The molecule has 0 N–H and O–H groups in total. The molecule has 0 aliphatic heterocycles. The zero-order chi connectivity index (χ0) is 12.6. The van der Waals surface area contributed by atoms with Gasteiger partial charge in [0, 0.05) is 7.11 Å². The van der Waals surface area contributed by atoms with Crippen molar-refractivity contribution in [3.8, 4) is 5.75 Å². The SMILES string of the molecule is COCOc1cccc(/C=C/c2ccccc2)c1. The van der Waals surface area contributed by atoms with Crippen molar-refractivity contribution in [2.45, 2.75) is 0 Å². The third-order valence-corrected chi connectivity index (χ3v) is 2.47. The number of rotatable bonds is 5. The van der Waals surface area contributed by atoms with Crippen molar-refractivity contribution in [2.75, 3.05) is 13.9 Å². The van der Waals surface area contributed by atoms with Gasteiger partial charge in [0.15, 0.2) is 6.79 Å². The van der Waals surface area contributed by atoms with E-state index in [0.717, 1.165) is 11.3 Å². The summed E-state index contributed by atoms with van der Waals surface area (Å²) in [6.45, 7) is 0.270. The lowest BCUT2D eigenvalue weighted by Gasteiger charge is -2.04. The molecule has 0 aromatic heterocycles. The molecule has 0 aliphatic rings. The Morgan fingerprint density at radius 3 is 2.39 bits per heavy atom. The first-order chi connectivity index (χ1) is 8.88. The Hall–Kier alpha value is -2.06. The highest BCUT2D eigenvalue weighted by molar-refractivity contribution is 5.70. The molecule has 0 spiro atoms. The van der Waals surface area contributed by atoms with Gasteiger partial charge in [-0.3, -0.25) is 0 Å². The van der Waals surface area contributed by atoms with Gasteiger partial charge < -0.3 is 9.47 Å². The van der Waals surface area contributed by atoms with E-state index in [9.17, 15) is 0 Å². The standard InChI is InChI=1S/C16H16O2/c1-17-13-18-16-9-5-8-15(12-16)11-10-14-6-3-2-4-7-14/h2-12H,13H2,1H3/b11-10+. The molecule has 2 nitrogen and oxygen atoms in total. The van der Waals surface area contributed by atoms with Gasteiger partial charge in [-0.25, -0.2) is 0 Å². The number of ether oxygens (including phenoxy) is 2. The topological polar surface area (TPSA) is 18.5 Å². The Morgan fingerprint density at radius 2 is 1.61 bits per heavy atom. The number of methoxy groups -OCH3 is 1. The molecule has 2 rings (SSSR count). The van der Waals surface area contributed by atoms with Crippen molar-refractivity contribution in [3.63, 3.8) is 0 Å². The Kier molecular flexibility index (Phi) is 4.56. The van der Waals surface area contributed by atoms with E-state index in [1.54, 1.807) is 7.11 Å². The van der Waals surface area contributed by atoms with Crippen molar-refractivity contribution in [3.05, 3.63) is 65.7 Å². The highest BCUT2D eigenvalue weighted by atomic mass is 16.7. The smallest absolute Gasteiger partial charge is 0.188 e. The highest BCUT2D eigenvalue weighted by Gasteiger charge is 1.93. The second-order valence-electron chi connectivity index (χ2n) is 3.87. The third kappa shape index (κ3) is 3.75. The first-order valence-corrected chi connectivity index (χ1v) is 5.83. The predicted molar refractivity (Wildman–Crippen MR) is 74.3 cm³/mol. The first kappa shape index (κ1) is 12.4. The van der Waals surface area contributed by atoms with Crippen LogP contribution in [0.5, 0.6) is 5.75 Å². The summed E-state index contributed by atoms with van der Waals surface area (Å²) in [5.41, 5.74) is 2.29. The van der Waals surface area contributed by atoms with Crippen LogP contribution in [0, 0.1) is 0 Å². The number of benzene rings is 2. The van der Waals surface area contributed by atoms with Crippen LogP contribution in [0.4, 0.5) is 0 Å². The summed E-state index contributed by atoms with van der Waals surface area (Å²) >= 11 is 0. The molecule has 0 saturated carbocycles. The van der Waals surface area contributed by atoms with E-state index in [-0.39, 0.29) is 6.79 Å². The van der Waals surface area contributed by atoms with Crippen molar-refractivity contribution >= 4 is 12.2 Å². The Labute approximate surface area is 107 Å². The van der Waals surface area contributed by atoms with Crippen molar-refractivity contribution in [1.29, 1.82) is 0 Å². The van der Waals surface area contributed by atoms with Gasteiger partial charge in [0.25, 0.3) is 0 Å². The minimum Gasteiger partial charge on any atom is -0.468 e. The van der Waals surface area contributed by atoms with Crippen LogP contribution in [0.25, 0.3) is 12.2 Å². The fraction of sp³-hybridized carbons (Fsp3) is 0.125. The monoisotopic (exact) mass is 240 g/mol. The van der Waals surface area contributed by atoms with E-state index in [1.165, 1.54) is 5.56 Å². The molecule has 0 fully saturated rings. The molecular formula is C16H16O2. The summed E-state index contributed by atoms with van der Waals surface area (Å²) in [5, 5.41) is 0. The van der Waals surface area contributed by atoms with Crippen LogP contribution in [0.2, 0.25) is 0 Å². The highest BCUT2D eigenvalue weighted by Crippen LogP contribution is 2.15. The van der Waals surface area contributed by atoms with Gasteiger partial charge in [0.2, 0.25) is 0 Å². The zero-order valence-electron chi connectivity index (χ0n) is 10.4. The molecule has 0 radical (unpaired) electrons. The second kappa shape index (κ2) is 6.62. The minimum atomic E-state index is 0.270. The van der Waals surface area contributed by atoms with E-state index < -0.39 is 0 Å². The summed E-state index contributed by atoms with van der Waals surface area (Å²) in [6.07, 6.45) is 4.14. The van der Waals surface area contributed by atoms with E-state index in [1.807, 2.05) is 42.5 Å². The maximum atomic E-state index is 5.39. The number of hydrogen-bond acceptors (Lipinski definition) is 2. The fourth-order valence-electron chi connectivity index (χ4n) is 1.59. The molecule has 92 valence electrons. The largest absolute Gasteiger partial charge is 0.468 e. The zero-order valence-corrected chi connectivity index (χ0v) is 10.4. The molecule has 2 heteroatoms. The normalized spacial score (nSPS) is 10.7. The summed E-state index contributed by atoms with van der Waals surface area (Å²) in [5.74, 6) is 0.812. The van der Waals surface area contributed by atoms with E-state index in [4.69, 9.17) is 9.47 Å². The molecule has 2 aromatic carbocycles. The fourth-order valence-corrected chi connectivity index (χ4v) is 1.59. The van der Waals surface area contributed by atoms with Gasteiger partial charge in [-0.15, -0.1) is 0 Å². The molecule has 0 unspecified atom stereocenters. The van der Waals surface area contributed by atoms with Gasteiger partial charge in [-0.1, -0.05) is 54.6 Å². The molecular weight excluding hydrogens is 224 g/mol. The lowest BCUT2D eigenvalue weighted by atomic mass is 10.1. The summed E-state index contributed by atoms with van der Waals surface area (Å²) in [4.78, 5) is 0. The Bertz CT molecular complexity index is 504. The van der Waals surface area contributed by atoms with Crippen LogP contribution in [-0.4, -0.2) is 13.9 Å². The van der Waals surface area contributed by atoms with Gasteiger partial charge in [0.05, 0.1) is 0 Å². The molecule has 0 saturated heterocycles. The van der Waals surface area contributed by atoms with Gasteiger partial charge >= 0.3 is 0 Å². The third-order valence-electron chi connectivity index (χ3n) is 2.47. The van der Waals surface area contributed by atoms with E-state index in [0.29, 0.717) is 0 Å². The van der Waals surface area contributed by atoms with Crippen molar-refractivity contribution < 1.29 is 9.47 Å². The van der Waals surface area contributed by atoms with Crippen molar-refractivity contribution in [1.82, 2.24) is 0 Å². The average molecular weight is 240 g/mol. The van der Waals surface area contributed by atoms with Gasteiger partial charge in [-0.05, 0) is 23.3 Å². The lowest BCUT2D eigenvalue weighted by Crippen LogP contribution is -1.98. The Morgan fingerprint density at radius 1 is 0.889 bits per heavy atom. The summed E-state index contributed by atoms with van der Waals surface area (Å²) in [7, 11) is 1.61. The van der Waals surface area contributed by atoms with Crippen LogP contribution in [0.15, 0.2) is 54.6 Å². The summed E-state index contributed by atoms with van der Waals surface area (Å²) in [6, 6.07) is 18.1. The van der Waals surface area contributed by atoms with Crippen LogP contribution < -0.4 is 4.74 Å². The molecule has 0 amide bonds.